The van der Waals surface area contributed by atoms with E-state index in [1.807, 2.05) is 0 Å². The average Bonchev–Trinajstić information content (AvgIpc) is 2.96. The Bertz CT molecular complexity index is 850. The summed E-state index contributed by atoms with van der Waals surface area (Å²) in [6.45, 7) is 4.69. The monoisotopic (exact) mass is 536 g/mol. The predicted octanol–water partition coefficient (Wildman–Crippen LogP) is 0.237. The number of methoxy groups -OCH3 is 2. The zero-order valence-electron chi connectivity index (χ0n) is 22.5. The predicted molar refractivity (Wildman–Crippen MR) is 134 cm³/mol. The molecule has 7 fully saturated rings. The number of carbonyl (C=O) groups is 4. The third-order valence-electron chi connectivity index (χ3n) is 9.29. The van der Waals surface area contributed by atoms with Crippen LogP contribution in [-0.2, 0) is 28.5 Å². The van der Waals surface area contributed by atoms with Crippen molar-refractivity contribution >= 4 is 23.8 Å². The lowest BCUT2D eigenvalue weighted by molar-refractivity contribution is -0.159. The highest BCUT2D eigenvalue weighted by Gasteiger charge is 2.55. The maximum atomic E-state index is 13.1. The molecule has 0 unspecified atom stereocenters. The number of ether oxygens (including phenoxy) is 4. The third kappa shape index (κ3) is 4.69. The van der Waals surface area contributed by atoms with Crippen LogP contribution in [0.25, 0.3) is 0 Å². The van der Waals surface area contributed by atoms with Gasteiger partial charge in [0.15, 0.2) is 11.6 Å². The molecule has 0 spiro atoms. The van der Waals surface area contributed by atoms with E-state index in [0.717, 1.165) is 51.9 Å². The van der Waals surface area contributed by atoms with E-state index in [9.17, 15) is 19.2 Å². The van der Waals surface area contributed by atoms with Gasteiger partial charge in [0.2, 0.25) is 0 Å². The molecule has 7 rings (SSSR count). The maximum Gasteiger partial charge on any atom is 0.409 e. The molecular formula is C26H40N4O8. The number of rotatable bonds is 8. The molecule has 0 N–H and O–H groups in total. The zero-order valence-corrected chi connectivity index (χ0v) is 22.5. The van der Waals surface area contributed by atoms with Crippen molar-refractivity contribution in [2.45, 2.75) is 36.8 Å². The van der Waals surface area contributed by atoms with Gasteiger partial charge in [0.1, 0.15) is 24.3 Å². The molecule has 7 heterocycles. The van der Waals surface area contributed by atoms with Gasteiger partial charge in [0, 0.05) is 78.4 Å². The van der Waals surface area contributed by atoms with Crippen LogP contribution in [0.3, 0.4) is 0 Å². The van der Waals surface area contributed by atoms with Crippen LogP contribution >= 0.6 is 0 Å². The second-order valence-electron chi connectivity index (χ2n) is 11.3. The van der Waals surface area contributed by atoms with Crippen molar-refractivity contribution in [1.82, 2.24) is 19.6 Å². The van der Waals surface area contributed by atoms with Crippen molar-refractivity contribution in [3.05, 3.63) is 0 Å². The topological polar surface area (TPSA) is 118 Å². The summed E-state index contributed by atoms with van der Waals surface area (Å²) in [5.41, 5.74) is -1.83. The van der Waals surface area contributed by atoms with Crippen LogP contribution in [0.4, 0.5) is 9.59 Å². The summed E-state index contributed by atoms with van der Waals surface area (Å²) in [4.78, 5) is 59.2. The van der Waals surface area contributed by atoms with E-state index in [0.29, 0.717) is 26.2 Å². The molecule has 0 aromatic heterocycles. The number of fused-ring (bicyclic) bond motifs is 6. The summed E-state index contributed by atoms with van der Waals surface area (Å²) < 4.78 is 22.1. The fourth-order valence-corrected chi connectivity index (χ4v) is 7.04. The number of piperazine rings is 1. The van der Waals surface area contributed by atoms with Crippen LogP contribution in [0.15, 0.2) is 0 Å². The highest BCUT2D eigenvalue weighted by atomic mass is 16.6. The number of amides is 2. The maximum absolute atomic E-state index is 13.1. The molecule has 7 saturated heterocycles. The number of nitrogens with zero attached hydrogens (tertiary/aromatic N) is 4. The molecule has 12 nitrogen and oxygen atoms in total. The molecule has 38 heavy (non-hydrogen) atoms. The first-order valence-electron chi connectivity index (χ1n) is 13.7. The normalized spacial score (nSPS) is 36.5. The fraction of sp³-hybridized carbons (Fsp3) is 0.846. The Morgan fingerprint density at radius 3 is 1.26 bits per heavy atom. The van der Waals surface area contributed by atoms with Crippen LogP contribution in [-0.4, -0.2) is 147 Å². The van der Waals surface area contributed by atoms with Crippen molar-refractivity contribution in [1.29, 1.82) is 0 Å². The van der Waals surface area contributed by atoms with E-state index in [1.54, 1.807) is 24.0 Å². The minimum absolute atomic E-state index is 0.00215. The van der Waals surface area contributed by atoms with Crippen molar-refractivity contribution < 1.29 is 38.1 Å². The first kappa shape index (κ1) is 27.3. The molecule has 7 aliphatic heterocycles. The second-order valence-corrected chi connectivity index (χ2v) is 11.3. The van der Waals surface area contributed by atoms with E-state index in [4.69, 9.17) is 18.9 Å². The number of hydrogen-bond acceptors (Lipinski definition) is 10. The minimum Gasteiger partial charge on any atom is -0.447 e. The summed E-state index contributed by atoms with van der Waals surface area (Å²) in [7, 11) is 3.11. The Morgan fingerprint density at radius 2 is 0.974 bits per heavy atom. The van der Waals surface area contributed by atoms with Gasteiger partial charge < -0.3 is 28.7 Å². The molecule has 0 aliphatic carbocycles. The summed E-state index contributed by atoms with van der Waals surface area (Å²) in [5.74, 6) is 0.207. The SMILES string of the molecule is COC[C@]1(COC(=O)N2CCN(C(=O)OC[C@@]3(COC)C(=O)C4CCN3CC4)CC2)C(=O)C2CCN1CC2. The van der Waals surface area contributed by atoms with Gasteiger partial charge >= 0.3 is 12.2 Å². The van der Waals surface area contributed by atoms with E-state index in [-0.39, 0.29) is 49.8 Å². The summed E-state index contributed by atoms with van der Waals surface area (Å²) >= 11 is 0. The van der Waals surface area contributed by atoms with Crippen LogP contribution < -0.4 is 0 Å². The molecule has 0 radical (unpaired) electrons. The largest absolute Gasteiger partial charge is 0.447 e. The first-order chi connectivity index (χ1) is 18.3. The summed E-state index contributed by atoms with van der Waals surface area (Å²) in [6, 6.07) is 0. The van der Waals surface area contributed by atoms with E-state index in [1.165, 1.54) is 0 Å². The Hall–Kier alpha value is -2.28. The highest BCUT2D eigenvalue weighted by molar-refractivity contribution is 5.93. The first-order valence-corrected chi connectivity index (χ1v) is 13.7. The van der Waals surface area contributed by atoms with Gasteiger partial charge in [-0.1, -0.05) is 0 Å². The van der Waals surface area contributed by atoms with Gasteiger partial charge in [-0.15, -0.1) is 0 Å². The quantitative estimate of drug-likeness (QED) is 0.427. The molecule has 0 saturated carbocycles. The Labute approximate surface area is 223 Å². The van der Waals surface area contributed by atoms with Crippen LogP contribution in [0, 0.1) is 11.8 Å². The smallest absolute Gasteiger partial charge is 0.409 e. The molecule has 0 aromatic rings. The number of ketones is 2. The molecule has 7 aliphatic rings. The van der Waals surface area contributed by atoms with Gasteiger partial charge in [-0.2, -0.15) is 0 Å². The molecule has 0 aromatic carbocycles. The van der Waals surface area contributed by atoms with Crippen molar-refractivity contribution in [2.24, 2.45) is 11.8 Å². The molecule has 212 valence electrons. The van der Waals surface area contributed by atoms with Gasteiger partial charge in [0.05, 0.1) is 13.2 Å². The standard InChI is InChI=1S/C26H40N4O8/c1-35-15-25(21(31)19-3-7-29(25)8-4-19)17-37-23(33)27-11-13-28(14-12-27)24(34)38-18-26(16-36-2)22(32)20-5-9-30(26)10-6-20/h19-20H,3-18H2,1-2H3/t25-,26-/m0/s1. The van der Waals surface area contributed by atoms with Crippen LogP contribution in [0.2, 0.25) is 0 Å². The third-order valence-corrected chi connectivity index (χ3v) is 9.29. The number of carbonyl (C=O) groups excluding carboxylic acids is 4. The van der Waals surface area contributed by atoms with E-state index in [2.05, 4.69) is 9.80 Å². The number of hydrogen-bond donors (Lipinski definition) is 0. The Morgan fingerprint density at radius 1 is 0.632 bits per heavy atom. The molecular weight excluding hydrogens is 496 g/mol. The van der Waals surface area contributed by atoms with Gasteiger partial charge in [-0.3, -0.25) is 19.4 Å². The molecule has 2 atom stereocenters. The zero-order chi connectivity index (χ0) is 26.9. The van der Waals surface area contributed by atoms with E-state index < -0.39 is 23.3 Å². The lowest BCUT2D eigenvalue weighted by atomic mass is 9.74. The molecule has 12 heteroatoms. The lowest BCUT2D eigenvalue weighted by Gasteiger charge is -2.52. The average molecular weight is 537 g/mol. The minimum atomic E-state index is -0.915. The van der Waals surface area contributed by atoms with Crippen molar-refractivity contribution in [3.63, 3.8) is 0 Å². The van der Waals surface area contributed by atoms with Gasteiger partial charge in [-0.25, -0.2) is 9.59 Å². The Kier molecular flexibility index (Phi) is 7.95. The fourth-order valence-electron chi connectivity index (χ4n) is 7.04. The van der Waals surface area contributed by atoms with Crippen molar-refractivity contribution in [3.8, 4) is 0 Å². The molecule has 2 amide bonds. The van der Waals surface area contributed by atoms with Gasteiger partial charge in [0.25, 0.3) is 0 Å². The van der Waals surface area contributed by atoms with Crippen molar-refractivity contribution in [2.75, 3.05) is 93.0 Å². The molecule has 4 bridgehead atoms. The van der Waals surface area contributed by atoms with Crippen LogP contribution in [0.5, 0.6) is 0 Å². The summed E-state index contributed by atoms with van der Waals surface area (Å²) in [6.07, 6.45) is 2.37. The van der Waals surface area contributed by atoms with Gasteiger partial charge in [-0.05, 0) is 25.7 Å². The number of Topliss-reactive ketones (excluding diaryl/α,β-unsaturated/α-hetero) is 2. The van der Waals surface area contributed by atoms with E-state index >= 15 is 0 Å². The Balaban J connectivity index is 1.11. The highest BCUT2D eigenvalue weighted by Crippen LogP contribution is 2.38. The summed E-state index contributed by atoms with van der Waals surface area (Å²) in [5, 5.41) is 0. The second kappa shape index (κ2) is 11.1. The van der Waals surface area contributed by atoms with Crippen LogP contribution in [0.1, 0.15) is 25.7 Å². The lowest BCUT2D eigenvalue weighted by Crippen LogP contribution is -2.69. The number of piperidine rings is 6.